The molecule has 104 valence electrons. The maximum absolute atomic E-state index is 10.5. The van der Waals surface area contributed by atoms with Gasteiger partial charge in [0.1, 0.15) is 11.4 Å². The normalized spacial score (nSPS) is 15.1. The van der Waals surface area contributed by atoms with Crippen molar-refractivity contribution in [1.29, 1.82) is 0 Å². The lowest BCUT2D eigenvalue weighted by Gasteiger charge is -2.21. The van der Waals surface area contributed by atoms with Gasteiger partial charge in [-0.2, -0.15) is 0 Å². The van der Waals surface area contributed by atoms with Gasteiger partial charge >= 0.3 is 0 Å². The highest BCUT2D eigenvalue weighted by Crippen LogP contribution is 2.33. The molecule has 1 aromatic carbocycles. The molecule has 2 rings (SSSR count). The van der Waals surface area contributed by atoms with Crippen LogP contribution in [0.3, 0.4) is 0 Å². The van der Waals surface area contributed by atoms with Crippen LogP contribution in [-0.4, -0.2) is 17.7 Å². The zero-order chi connectivity index (χ0) is 14.0. The highest BCUT2D eigenvalue weighted by molar-refractivity contribution is 6.34. The molecule has 0 saturated carbocycles. The van der Waals surface area contributed by atoms with E-state index in [-0.39, 0.29) is 0 Å². The van der Waals surface area contributed by atoms with Crippen LogP contribution in [0.5, 0.6) is 0 Å². The summed E-state index contributed by atoms with van der Waals surface area (Å²) in [5, 5.41) is 15.3. The Morgan fingerprint density at radius 3 is 2.79 bits per heavy atom. The number of rotatable bonds is 5. The van der Waals surface area contributed by atoms with Crippen molar-refractivity contribution in [2.75, 3.05) is 6.54 Å². The average molecular weight is 282 g/mol. The van der Waals surface area contributed by atoms with Crippen molar-refractivity contribution in [3.05, 3.63) is 35.0 Å². The molecular weight excluding hydrogens is 262 g/mol. The van der Waals surface area contributed by atoms with Gasteiger partial charge in [-0.05, 0) is 32.0 Å². The second-order valence-corrected chi connectivity index (χ2v) is 5.81. The van der Waals surface area contributed by atoms with Crippen LogP contribution in [0, 0.1) is 0 Å². The van der Waals surface area contributed by atoms with Crippen molar-refractivity contribution in [1.82, 2.24) is 5.32 Å². The maximum Gasteiger partial charge on any atom is 0.153 e. The van der Waals surface area contributed by atoms with E-state index in [1.54, 1.807) is 13.0 Å². The zero-order valence-electron chi connectivity index (χ0n) is 11.5. The third-order valence-electron chi connectivity index (χ3n) is 3.19. The molecule has 0 spiro atoms. The van der Waals surface area contributed by atoms with E-state index < -0.39 is 5.60 Å². The molecule has 0 aliphatic heterocycles. The van der Waals surface area contributed by atoms with Crippen molar-refractivity contribution >= 4 is 22.6 Å². The molecule has 4 heteroatoms. The molecule has 0 amide bonds. The van der Waals surface area contributed by atoms with Gasteiger partial charge in [0.15, 0.2) is 5.58 Å². The van der Waals surface area contributed by atoms with Crippen molar-refractivity contribution in [3.63, 3.8) is 0 Å². The van der Waals surface area contributed by atoms with Crippen LogP contribution in [0.25, 0.3) is 11.0 Å². The molecule has 1 atom stereocenters. The second kappa shape index (κ2) is 5.53. The predicted molar refractivity (Wildman–Crippen MR) is 78.6 cm³/mol. The molecule has 0 radical (unpaired) electrons. The van der Waals surface area contributed by atoms with Crippen LogP contribution >= 0.6 is 11.6 Å². The van der Waals surface area contributed by atoms with Crippen molar-refractivity contribution in [3.8, 4) is 0 Å². The Hall–Kier alpha value is -1.03. The van der Waals surface area contributed by atoms with Crippen molar-refractivity contribution < 1.29 is 9.52 Å². The van der Waals surface area contributed by atoms with Gasteiger partial charge < -0.3 is 14.8 Å². The van der Waals surface area contributed by atoms with E-state index in [0.29, 0.717) is 28.8 Å². The van der Waals surface area contributed by atoms with Crippen LogP contribution < -0.4 is 5.32 Å². The smallest absolute Gasteiger partial charge is 0.153 e. The van der Waals surface area contributed by atoms with Crippen LogP contribution in [0.4, 0.5) is 0 Å². The fourth-order valence-corrected chi connectivity index (χ4v) is 2.24. The molecule has 0 bridgehead atoms. The lowest BCUT2D eigenvalue weighted by molar-refractivity contribution is 0.0268. The van der Waals surface area contributed by atoms with E-state index >= 15 is 0 Å². The number of aliphatic hydroxyl groups is 1. The minimum absolute atomic E-state index is 0.404. The number of hydrogen-bond acceptors (Lipinski definition) is 3. The summed E-state index contributed by atoms with van der Waals surface area (Å²) in [4.78, 5) is 0. The predicted octanol–water partition coefficient (Wildman–Crippen LogP) is 3.68. The largest absolute Gasteiger partial charge is 0.456 e. The number of fused-ring (bicyclic) bond motifs is 1. The van der Waals surface area contributed by atoms with E-state index in [2.05, 4.69) is 19.2 Å². The fourth-order valence-electron chi connectivity index (χ4n) is 2.02. The summed E-state index contributed by atoms with van der Waals surface area (Å²) in [5.74, 6) is 0.557. The topological polar surface area (TPSA) is 45.4 Å². The average Bonchev–Trinajstić information content (AvgIpc) is 2.74. The van der Waals surface area contributed by atoms with Crippen LogP contribution in [-0.2, 0) is 5.60 Å². The quantitative estimate of drug-likeness (QED) is 0.879. The highest BCUT2D eigenvalue weighted by Gasteiger charge is 2.27. The molecule has 1 heterocycles. The molecule has 0 saturated heterocycles. The van der Waals surface area contributed by atoms with Gasteiger partial charge in [0, 0.05) is 11.4 Å². The van der Waals surface area contributed by atoms with E-state index in [1.807, 2.05) is 18.2 Å². The summed E-state index contributed by atoms with van der Waals surface area (Å²) in [6.07, 6.45) is 0.586. The molecule has 0 aliphatic rings. The van der Waals surface area contributed by atoms with Gasteiger partial charge in [0.25, 0.3) is 0 Å². The summed E-state index contributed by atoms with van der Waals surface area (Å²) in [6, 6.07) is 7.85. The number of furan rings is 1. The summed E-state index contributed by atoms with van der Waals surface area (Å²) >= 11 is 6.08. The summed E-state index contributed by atoms with van der Waals surface area (Å²) in [7, 11) is 0. The monoisotopic (exact) mass is 281 g/mol. The third-order valence-corrected chi connectivity index (χ3v) is 3.49. The molecule has 2 N–H and O–H groups in total. The van der Waals surface area contributed by atoms with Gasteiger partial charge in [-0.3, -0.25) is 0 Å². The lowest BCUT2D eigenvalue weighted by atomic mass is 9.99. The van der Waals surface area contributed by atoms with Crippen LogP contribution in [0.15, 0.2) is 28.7 Å². The Labute approximate surface area is 118 Å². The Bertz CT molecular complexity index is 560. The standard InChI is InChI=1S/C15H20ClNO2/c1-10(2)17-8-7-15(3,18)13-9-11-5-4-6-12(16)14(11)19-13/h4-6,9-10,17-18H,7-8H2,1-3H3. The van der Waals surface area contributed by atoms with E-state index in [4.69, 9.17) is 16.0 Å². The van der Waals surface area contributed by atoms with Crippen LogP contribution in [0.1, 0.15) is 33.0 Å². The first kappa shape index (κ1) is 14.4. The number of benzene rings is 1. The van der Waals surface area contributed by atoms with E-state index in [9.17, 15) is 5.11 Å². The molecule has 0 fully saturated rings. The molecule has 19 heavy (non-hydrogen) atoms. The van der Waals surface area contributed by atoms with Gasteiger partial charge in [0.05, 0.1) is 5.02 Å². The number of para-hydroxylation sites is 1. The summed E-state index contributed by atoms with van der Waals surface area (Å²) < 4.78 is 5.71. The minimum Gasteiger partial charge on any atom is -0.456 e. The van der Waals surface area contributed by atoms with Gasteiger partial charge in [-0.25, -0.2) is 0 Å². The van der Waals surface area contributed by atoms with Crippen molar-refractivity contribution in [2.45, 2.75) is 38.8 Å². The molecule has 1 aromatic heterocycles. The SMILES string of the molecule is CC(C)NCCC(C)(O)c1cc2cccc(Cl)c2o1. The summed E-state index contributed by atoms with van der Waals surface area (Å²) in [6.45, 7) is 6.65. The Morgan fingerprint density at radius 1 is 1.42 bits per heavy atom. The van der Waals surface area contributed by atoms with Gasteiger partial charge in [-0.15, -0.1) is 0 Å². The Balaban J connectivity index is 2.20. The zero-order valence-corrected chi connectivity index (χ0v) is 12.3. The Morgan fingerprint density at radius 2 is 2.16 bits per heavy atom. The van der Waals surface area contributed by atoms with Gasteiger partial charge in [0.2, 0.25) is 0 Å². The first-order chi connectivity index (χ1) is 8.90. The first-order valence-electron chi connectivity index (χ1n) is 6.54. The van der Waals surface area contributed by atoms with Crippen LogP contribution in [0.2, 0.25) is 5.02 Å². The molecule has 1 unspecified atom stereocenters. The fraction of sp³-hybridized carbons (Fsp3) is 0.467. The number of hydrogen-bond donors (Lipinski definition) is 2. The highest BCUT2D eigenvalue weighted by atomic mass is 35.5. The molecule has 3 nitrogen and oxygen atoms in total. The Kier molecular flexibility index (Phi) is 4.19. The maximum atomic E-state index is 10.5. The number of halogens is 1. The van der Waals surface area contributed by atoms with E-state index in [1.165, 1.54) is 0 Å². The minimum atomic E-state index is -0.996. The van der Waals surface area contributed by atoms with E-state index in [0.717, 1.165) is 11.9 Å². The van der Waals surface area contributed by atoms with Crippen molar-refractivity contribution in [2.24, 2.45) is 0 Å². The second-order valence-electron chi connectivity index (χ2n) is 5.40. The molecule has 2 aromatic rings. The summed E-state index contributed by atoms with van der Waals surface area (Å²) in [5.41, 5.74) is -0.360. The third kappa shape index (κ3) is 3.30. The molecular formula is C15H20ClNO2. The molecule has 0 aliphatic carbocycles. The lowest BCUT2D eigenvalue weighted by Crippen LogP contribution is -2.30. The first-order valence-corrected chi connectivity index (χ1v) is 6.92. The van der Waals surface area contributed by atoms with Gasteiger partial charge in [-0.1, -0.05) is 37.6 Å². The number of nitrogens with one attached hydrogen (secondary N) is 1.